The molecule has 5 atom stereocenters. The fraction of sp³-hybridized carbons (Fsp3) is 0.444. The van der Waals surface area contributed by atoms with E-state index in [0.717, 1.165) is 36.8 Å². The van der Waals surface area contributed by atoms with Crippen LogP contribution < -0.4 is 4.74 Å². The van der Waals surface area contributed by atoms with Crippen LogP contribution in [0.1, 0.15) is 52.7 Å². The number of aliphatic hydroxyl groups is 2. The van der Waals surface area contributed by atoms with E-state index in [-0.39, 0.29) is 29.3 Å². The Kier molecular flexibility index (Phi) is 5.53. The predicted molar refractivity (Wildman–Crippen MR) is 121 cm³/mol. The van der Waals surface area contributed by atoms with E-state index in [0.29, 0.717) is 17.7 Å². The second-order valence-electron chi connectivity index (χ2n) is 9.84. The first kappa shape index (κ1) is 22.1. The third kappa shape index (κ3) is 3.96. The summed E-state index contributed by atoms with van der Waals surface area (Å²) in [5, 5.41) is 31.1. The highest BCUT2D eigenvalue weighted by atomic mass is 19.1. The predicted octanol–water partition coefficient (Wildman–Crippen LogP) is 4.17. The number of halogens is 1. The van der Waals surface area contributed by atoms with Crippen molar-refractivity contribution < 1.29 is 29.2 Å². The molecule has 5 nitrogen and oxygen atoms in total. The zero-order chi connectivity index (χ0) is 23.3. The van der Waals surface area contributed by atoms with Crippen LogP contribution >= 0.6 is 0 Å². The summed E-state index contributed by atoms with van der Waals surface area (Å²) in [5.74, 6) is -0.846. The van der Waals surface area contributed by atoms with Gasteiger partial charge >= 0.3 is 5.97 Å². The molecule has 5 rings (SSSR count). The Morgan fingerprint density at radius 2 is 2.03 bits per heavy atom. The van der Waals surface area contributed by atoms with Crippen molar-refractivity contribution in [1.29, 1.82) is 0 Å². The van der Waals surface area contributed by atoms with E-state index >= 15 is 0 Å². The van der Waals surface area contributed by atoms with Crippen molar-refractivity contribution in [1.82, 2.24) is 0 Å². The Hall–Kier alpha value is -2.70. The maximum absolute atomic E-state index is 14.5. The smallest absolute Gasteiger partial charge is 0.335 e. The Morgan fingerprint density at radius 3 is 2.76 bits per heavy atom. The molecule has 2 aromatic carbocycles. The maximum Gasteiger partial charge on any atom is 0.335 e. The molecule has 33 heavy (non-hydrogen) atoms. The van der Waals surface area contributed by atoms with E-state index in [1.807, 2.05) is 19.1 Å². The molecule has 174 valence electrons. The molecule has 1 heterocycles. The van der Waals surface area contributed by atoms with Crippen molar-refractivity contribution in [2.45, 2.75) is 62.8 Å². The number of rotatable bonds is 5. The van der Waals surface area contributed by atoms with Crippen LogP contribution in [0.2, 0.25) is 0 Å². The van der Waals surface area contributed by atoms with Gasteiger partial charge in [-0.3, -0.25) is 0 Å². The van der Waals surface area contributed by atoms with Gasteiger partial charge in [-0.1, -0.05) is 35.9 Å². The minimum Gasteiger partial charge on any atom is -0.490 e. The van der Waals surface area contributed by atoms with E-state index < -0.39 is 23.6 Å². The molecule has 0 spiro atoms. The number of carbonyl (C=O) groups is 1. The number of carboxylic acid groups (broad SMARTS) is 1. The van der Waals surface area contributed by atoms with Crippen LogP contribution in [0.4, 0.5) is 4.39 Å². The molecular formula is C27H29FO5. The van der Waals surface area contributed by atoms with Gasteiger partial charge in [0.2, 0.25) is 0 Å². The summed E-state index contributed by atoms with van der Waals surface area (Å²) in [7, 11) is 0. The van der Waals surface area contributed by atoms with Crippen molar-refractivity contribution in [2.24, 2.45) is 11.8 Å². The Balaban J connectivity index is 1.34. The number of fused-ring (bicyclic) bond motifs is 2. The van der Waals surface area contributed by atoms with Crippen LogP contribution in [0.25, 0.3) is 0 Å². The van der Waals surface area contributed by atoms with Crippen molar-refractivity contribution >= 4 is 5.97 Å². The lowest BCUT2D eigenvalue weighted by Gasteiger charge is -2.24. The quantitative estimate of drug-likeness (QED) is 0.593. The molecule has 0 aromatic heterocycles. The van der Waals surface area contributed by atoms with E-state index in [1.165, 1.54) is 6.07 Å². The fourth-order valence-electron chi connectivity index (χ4n) is 5.67. The number of aryl methyl sites for hydroxylation is 2. The summed E-state index contributed by atoms with van der Waals surface area (Å²) in [6.45, 7) is 1.92. The minimum absolute atomic E-state index is 0.0509. The molecule has 2 aliphatic carbocycles. The number of benzene rings is 2. The Bertz CT molecular complexity index is 1110. The molecule has 2 aromatic rings. The summed E-state index contributed by atoms with van der Waals surface area (Å²) in [6, 6.07) is 9.97. The highest BCUT2D eigenvalue weighted by Gasteiger charge is 2.51. The normalized spacial score (nSPS) is 28.5. The third-order valence-electron chi connectivity index (χ3n) is 7.76. The molecule has 3 aliphatic rings. The first-order valence-corrected chi connectivity index (χ1v) is 11.6. The van der Waals surface area contributed by atoms with Gasteiger partial charge < -0.3 is 20.1 Å². The number of carboxylic acids is 1. The molecule has 1 unspecified atom stereocenters. The molecule has 2 fully saturated rings. The second kappa shape index (κ2) is 8.26. The second-order valence-corrected chi connectivity index (χ2v) is 9.84. The van der Waals surface area contributed by atoms with Crippen molar-refractivity contribution in [3.8, 4) is 5.75 Å². The number of hydrogen-bond acceptors (Lipinski definition) is 4. The number of aliphatic hydroxyl groups excluding tert-OH is 2. The molecule has 0 bridgehead atoms. The molecule has 6 heteroatoms. The largest absolute Gasteiger partial charge is 0.490 e. The van der Waals surface area contributed by atoms with Gasteiger partial charge in [-0.15, -0.1) is 0 Å². The summed E-state index contributed by atoms with van der Waals surface area (Å²) >= 11 is 0. The van der Waals surface area contributed by atoms with Crippen LogP contribution in [-0.4, -0.2) is 39.6 Å². The summed E-state index contributed by atoms with van der Waals surface area (Å²) in [5.41, 5.74) is 2.08. The van der Waals surface area contributed by atoms with Gasteiger partial charge in [0.1, 0.15) is 17.7 Å². The van der Waals surface area contributed by atoms with E-state index in [9.17, 15) is 24.5 Å². The average molecular weight is 453 g/mol. The summed E-state index contributed by atoms with van der Waals surface area (Å²) in [4.78, 5) is 11.3. The van der Waals surface area contributed by atoms with Crippen molar-refractivity contribution in [3.63, 3.8) is 0 Å². The molecule has 0 radical (unpaired) electrons. The van der Waals surface area contributed by atoms with Crippen LogP contribution in [0.15, 0.2) is 48.6 Å². The monoisotopic (exact) mass is 452 g/mol. The van der Waals surface area contributed by atoms with Gasteiger partial charge in [0.25, 0.3) is 0 Å². The summed E-state index contributed by atoms with van der Waals surface area (Å²) < 4.78 is 20.7. The highest BCUT2D eigenvalue weighted by Crippen LogP contribution is 2.52. The van der Waals surface area contributed by atoms with Gasteiger partial charge in [0.15, 0.2) is 0 Å². The van der Waals surface area contributed by atoms with Gasteiger partial charge in [-0.2, -0.15) is 0 Å². The Morgan fingerprint density at radius 1 is 1.24 bits per heavy atom. The standard InChI is InChI=1S/C27H29FO5/c1-15-2-8-21(28)20(12-15)27(10-11-27)25(30)9-7-18-19-6-5-16-3-4-17(26(31)32)13-23(16)33-24(19)14-22(18)29/h2-4,7-9,12-13,18-19,22,24-25,29-30H,5-6,10-11,14H2,1H3,(H,31,32)/b9-7+/t18-,19-,22-,24+,25?/m1/s1. The number of ether oxygens (including phenoxy) is 1. The molecule has 1 aliphatic heterocycles. The first-order valence-electron chi connectivity index (χ1n) is 11.6. The molecule has 0 amide bonds. The zero-order valence-corrected chi connectivity index (χ0v) is 18.6. The lowest BCUT2D eigenvalue weighted by molar-refractivity contribution is 0.0695. The topological polar surface area (TPSA) is 87.0 Å². The molecule has 2 saturated carbocycles. The molecule has 0 saturated heterocycles. The van der Waals surface area contributed by atoms with Gasteiger partial charge in [-0.05, 0) is 61.9 Å². The molecular weight excluding hydrogens is 423 g/mol. The van der Waals surface area contributed by atoms with Gasteiger partial charge in [-0.25, -0.2) is 9.18 Å². The first-order chi connectivity index (χ1) is 15.8. The summed E-state index contributed by atoms with van der Waals surface area (Å²) in [6.07, 6.45) is 5.37. The lowest BCUT2D eigenvalue weighted by atomic mass is 9.85. The minimum atomic E-state index is -0.998. The van der Waals surface area contributed by atoms with Crippen molar-refractivity contribution in [3.05, 3.63) is 76.6 Å². The third-order valence-corrected chi connectivity index (χ3v) is 7.76. The van der Waals surface area contributed by atoms with Crippen LogP contribution in [0.3, 0.4) is 0 Å². The van der Waals surface area contributed by atoms with E-state index in [4.69, 9.17) is 4.74 Å². The lowest BCUT2D eigenvalue weighted by Crippen LogP contribution is -2.27. The SMILES string of the molecule is Cc1ccc(F)c(C2(C(O)/C=C/[C@@H]3[C@H]4CCc5ccc(C(=O)O)cc5O[C@H]4C[C@H]3O)CC2)c1. The highest BCUT2D eigenvalue weighted by molar-refractivity contribution is 5.88. The van der Waals surface area contributed by atoms with Gasteiger partial charge in [0, 0.05) is 23.7 Å². The van der Waals surface area contributed by atoms with Crippen molar-refractivity contribution in [2.75, 3.05) is 0 Å². The van der Waals surface area contributed by atoms with Crippen LogP contribution in [-0.2, 0) is 11.8 Å². The zero-order valence-electron chi connectivity index (χ0n) is 18.6. The van der Waals surface area contributed by atoms with Crippen LogP contribution in [0, 0.1) is 24.6 Å². The van der Waals surface area contributed by atoms with E-state index in [2.05, 4.69) is 0 Å². The maximum atomic E-state index is 14.5. The number of hydrogen-bond donors (Lipinski definition) is 3. The number of aromatic carboxylic acids is 1. The fourth-order valence-corrected chi connectivity index (χ4v) is 5.67. The van der Waals surface area contributed by atoms with Crippen LogP contribution in [0.5, 0.6) is 5.75 Å². The van der Waals surface area contributed by atoms with Gasteiger partial charge in [0.05, 0.1) is 17.8 Å². The molecule has 3 N–H and O–H groups in total. The Labute approximate surface area is 192 Å². The van der Waals surface area contributed by atoms with E-state index in [1.54, 1.807) is 30.3 Å². The average Bonchev–Trinajstić information content (AvgIpc) is 3.56.